The van der Waals surface area contributed by atoms with Crippen LogP contribution >= 0.6 is 0 Å². The van der Waals surface area contributed by atoms with Crippen molar-refractivity contribution in [3.8, 4) is 0 Å². The molecule has 0 amide bonds. The van der Waals surface area contributed by atoms with Crippen LogP contribution in [0, 0.1) is 5.92 Å². The van der Waals surface area contributed by atoms with Gasteiger partial charge in [0.15, 0.2) is 0 Å². The molecule has 1 aliphatic heterocycles. The van der Waals surface area contributed by atoms with Crippen LogP contribution in [0.25, 0.3) is 0 Å². The molecule has 0 radical (unpaired) electrons. The molecule has 88 valence electrons. The Morgan fingerprint density at radius 1 is 1.47 bits per heavy atom. The van der Waals surface area contributed by atoms with Gasteiger partial charge in [0, 0.05) is 32.0 Å². The van der Waals surface area contributed by atoms with Gasteiger partial charge in [-0.15, -0.1) is 0 Å². The maximum absolute atomic E-state index is 11.3. The van der Waals surface area contributed by atoms with Crippen molar-refractivity contribution in [2.75, 3.05) is 26.2 Å². The van der Waals surface area contributed by atoms with E-state index in [0.29, 0.717) is 12.2 Å². The van der Waals surface area contributed by atoms with E-state index in [1.165, 1.54) is 0 Å². The Labute approximate surface area is 92.8 Å². The first-order valence-corrected chi connectivity index (χ1v) is 5.77. The maximum atomic E-state index is 11.3. The van der Waals surface area contributed by atoms with E-state index in [9.17, 15) is 4.79 Å². The van der Waals surface area contributed by atoms with Gasteiger partial charge in [-0.05, 0) is 20.8 Å². The molecule has 1 aliphatic rings. The van der Waals surface area contributed by atoms with Crippen molar-refractivity contribution in [3.63, 3.8) is 0 Å². The summed E-state index contributed by atoms with van der Waals surface area (Å²) in [6.45, 7) is 11.7. The molecule has 1 atom stereocenters. The number of likely N-dealkylation sites (tertiary alicyclic amines) is 1. The Morgan fingerprint density at radius 2 is 2.13 bits per heavy atom. The number of ether oxygens (including phenoxy) is 1. The predicted molar refractivity (Wildman–Crippen MR) is 60.9 cm³/mol. The van der Waals surface area contributed by atoms with E-state index >= 15 is 0 Å². The quantitative estimate of drug-likeness (QED) is 0.715. The second kappa shape index (κ2) is 5.08. The molecule has 0 N–H and O–H groups in total. The van der Waals surface area contributed by atoms with E-state index in [1.807, 2.05) is 6.92 Å². The van der Waals surface area contributed by atoms with E-state index in [1.54, 1.807) is 0 Å². The van der Waals surface area contributed by atoms with Gasteiger partial charge in [-0.3, -0.25) is 9.69 Å². The highest BCUT2D eigenvalue weighted by molar-refractivity contribution is 5.81. The molecule has 15 heavy (non-hydrogen) atoms. The molecule has 3 heteroatoms. The molecule has 1 unspecified atom stereocenters. The first-order chi connectivity index (χ1) is 6.88. The minimum absolute atomic E-state index is 0.0583. The van der Waals surface area contributed by atoms with E-state index in [-0.39, 0.29) is 11.5 Å². The van der Waals surface area contributed by atoms with Gasteiger partial charge >= 0.3 is 0 Å². The zero-order valence-corrected chi connectivity index (χ0v) is 10.4. The van der Waals surface area contributed by atoms with Crippen molar-refractivity contribution in [1.82, 2.24) is 4.90 Å². The standard InChI is InChI=1S/C12H23NO2/c1-10-9-13(6-5-11(10)14)7-8-15-12(2,3)4/h10H,5-9H2,1-4H3. The molecule has 1 heterocycles. The van der Waals surface area contributed by atoms with Crippen LogP contribution < -0.4 is 0 Å². The number of rotatable bonds is 3. The Kier molecular flexibility index (Phi) is 4.29. The van der Waals surface area contributed by atoms with Gasteiger partial charge in [-0.2, -0.15) is 0 Å². The molecule has 1 rings (SSSR count). The van der Waals surface area contributed by atoms with Crippen LogP contribution in [-0.2, 0) is 9.53 Å². The van der Waals surface area contributed by atoms with Gasteiger partial charge in [0.1, 0.15) is 5.78 Å². The largest absolute Gasteiger partial charge is 0.375 e. The fraction of sp³-hybridized carbons (Fsp3) is 0.917. The van der Waals surface area contributed by atoms with Crippen molar-refractivity contribution >= 4 is 5.78 Å². The molecule has 0 aromatic rings. The molecule has 3 nitrogen and oxygen atoms in total. The molecule has 1 saturated heterocycles. The average Bonchev–Trinajstić information content (AvgIpc) is 2.09. The van der Waals surface area contributed by atoms with Crippen LogP contribution in [0.15, 0.2) is 0 Å². The summed E-state index contributed by atoms with van der Waals surface area (Å²) in [5.74, 6) is 0.608. The van der Waals surface area contributed by atoms with Crippen LogP contribution in [0.3, 0.4) is 0 Å². The van der Waals surface area contributed by atoms with Crippen molar-refractivity contribution in [2.45, 2.75) is 39.7 Å². The van der Waals surface area contributed by atoms with Crippen LogP contribution in [0.5, 0.6) is 0 Å². The molecule has 1 fully saturated rings. The second-order valence-electron chi connectivity index (χ2n) is 5.38. The lowest BCUT2D eigenvalue weighted by atomic mass is 9.99. The van der Waals surface area contributed by atoms with Crippen molar-refractivity contribution in [3.05, 3.63) is 0 Å². The molecule has 0 aromatic carbocycles. The number of carbonyl (C=O) groups is 1. The van der Waals surface area contributed by atoms with Gasteiger partial charge < -0.3 is 4.74 Å². The van der Waals surface area contributed by atoms with E-state index in [4.69, 9.17) is 4.74 Å². The van der Waals surface area contributed by atoms with Crippen LogP contribution in [0.1, 0.15) is 34.1 Å². The minimum atomic E-state index is -0.0583. The van der Waals surface area contributed by atoms with E-state index in [0.717, 1.165) is 26.2 Å². The summed E-state index contributed by atoms with van der Waals surface area (Å²) in [7, 11) is 0. The molecular formula is C12H23NO2. The average molecular weight is 213 g/mol. The molecule has 0 spiro atoms. The van der Waals surface area contributed by atoms with Gasteiger partial charge in [0.05, 0.1) is 12.2 Å². The summed E-state index contributed by atoms with van der Waals surface area (Å²) in [4.78, 5) is 13.6. The Hall–Kier alpha value is -0.410. The Morgan fingerprint density at radius 3 is 2.67 bits per heavy atom. The van der Waals surface area contributed by atoms with Gasteiger partial charge in [-0.1, -0.05) is 6.92 Å². The molecule has 0 saturated carbocycles. The third-order valence-electron chi connectivity index (χ3n) is 2.70. The van der Waals surface area contributed by atoms with Crippen LogP contribution in [-0.4, -0.2) is 42.5 Å². The number of piperidine rings is 1. The highest BCUT2D eigenvalue weighted by Gasteiger charge is 2.23. The minimum Gasteiger partial charge on any atom is -0.375 e. The third kappa shape index (κ3) is 4.76. The second-order valence-corrected chi connectivity index (χ2v) is 5.38. The number of Topliss-reactive ketones (excluding diaryl/α,β-unsaturated/α-hetero) is 1. The summed E-state index contributed by atoms with van der Waals surface area (Å²) < 4.78 is 5.67. The number of nitrogens with zero attached hydrogens (tertiary/aromatic N) is 1. The zero-order valence-electron chi connectivity index (χ0n) is 10.4. The zero-order chi connectivity index (χ0) is 11.5. The monoisotopic (exact) mass is 213 g/mol. The lowest BCUT2D eigenvalue weighted by Gasteiger charge is -2.30. The Balaban J connectivity index is 2.20. The van der Waals surface area contributed by atoms with Gasteiger partial charge in [0.25, 0.3) is 0 Å². The highest BCUT2D eigenvalue weighted by atomic mass is 16.5. The smallest absolute Gasteiger partial charge is 0.138 e. The Bertz CT molecular complexity index is 220. The number of carbonyl (C=O) groups excluding carboxylic acids is 1. The number of hydrogen-bond acceptors (Lipinski definition) is 3. The van der Waals surface area contributed by atoms with Crippen molar-refractivity contribution < 1.29 is 9.53 Å². The molecule has 0 aliphatic carbocycles. The molecule has 0 aromatic heterocycles. The molecule has 0 bridgehead atoms. The first kappa shape index (κ1) is 12.7. The fourth-order valence-corrected chi connectivity index (χ4v) is 1.78. The fourth-order valence-electron chi connectivity index (χ4n) is 1.78. The summed E-state index contributed by atoms with van der Waals surface area (Å²) >= 11 is 0. The summed E-state index contributed by atoms with van der Waals surface area (Å²) in [6.07, 6.45) is 0.705. The van der Waals surface area contributed by atoms with Gasteiger partial charge in [0.2, 0.25) is 0 Å². The molecular weight excluding hydrogens is 190 g/mol. The SMILES string of the molecule is CC1CN(CCOC(C)(C)C)CCC1=O. The maximum Gasteiger partial charge on any atom is 0.138 e. The van der Waals surface area contributed by atoms with Gasteiger partial charge in [-0.25, -0.2) is 0 Å². The van der Waals surface area contributed by atoms with E-state index in [2.05, 4.69) is 25.7 Å². The summed E-state index contributed by atoms with van der Waals surface area (Å²) in [5.41, 5.74) is -0.0583. The highest BCUT2D eigenvalue weighted by Crippen LogP contribution is 2.12. The third-order valence-corrected chi connectivity index (χ3v) is 2.70. The van der Waals surface area contributed by atoms with Crippen LogP contribution in [0.4, 0.5) is 0 Å². The topological polar surface area (TPSA) is 29.5 Å². The van der Waals surface area contributed by atoms with Crippen LogP contribution in [0.2, 0.25) is 0 Å². The first-order valence-electron chi connectivity index (χ1n) is 5.77. The number of ketones is 1. The summed E-state index contributed by atoms with van der Waals surface area (Å²) in [6, 6.07) is 0. The predicted octanol–water partition coefficient (Wildman–Crippen LogP) is 1.71. The lowest BCUT2D eigenvalue weighted by Crippen LogP contribution is -2.41. The van der Waals surface area contributed by atoms with Crippen molar-refractivity contribution in [2.24, 2.45) is 5.92 Å². The lowest BCUT2D eigenvalue weighted by molar-refractivity contribution is -0.126. The van der Waals surface area contributed by atoms with E-state index < -0.39 is 0 Å². The summed E-state index contributed by atoms with van der Waals surface area (Å²) in [5, 5.41) is 0. The number of hydrogen-bond donors (Lipinski definition) is 0. The van der Waals surface area contributed by atoms with Crippen molar-refractivity contribution in [1.29, 1.82) is 0 Å². The normalized spacial score (nSPS) is 24.5.